The lowest BCUT2D eigenvalue weighted by atomic mass is 9.63. The van der Waals surface area contributed by atoms with Gasteiger partial charge < -0.3 is 45.9 Å². The average molecular weight is 1070 g/mol. The minimum absolute atomic E-state index is 0.664. The van der Waals surface area contributed by atoms with Crippen LogP contribution >= 0.6 is 0 Å². The molecule has 0 fully saturated rings. The van der Waals surface area contributed by atoms with Crippen LogP contribution < -0.4 is 45.9 Å². The Balaban J connectivity index is 0.000000172. The van der Waals surface area contributed by atoms with E-state index in [4.69, 9.17) is 45.9 Å². The van der Waals surface area contributed by atoms with Crippen LogP contribution in [-0.4, -0.2) is 0 Å². The summed E-state index contributed by atoms with van der Waals surface area (Å²) in [6, 6.07) is 98.5. The van der Waals surface area contributed by atoms with Crippen molar-refractivity contribution in [3.8, 4) is 44.5 Å². The third-order valence-electron chi connectivity index (χ3n) is 15.7. The summed E-state index contributed by atoms with van der Waals surface area (Å²) in [5, 5.41) is 0. The number of para-hydroxylation sites is 2. The Morgan fingerprint density at radius 3 is 0.805 bits per heavy atom. The lowest BCUT2D eigenvalue weighted by Crippen LogP contribution is -2.33. The number of nitrogens with two attached hydrogens (primary N) is 8. The van der Waals surface area contributed by atoms with Crippen LogP contribution in [0.1, 0.15) is 44.5 Å². The number of rotatable bonds is 12. The van der Waals surface area contributed by atoms with E-state index in [0.717, 1.165) is 100 Å². The van der Waals surface area contributed by atoms with Crippen LogP contribution in [-0.2, 0) is 10.8 Å². The van der Waals surface area contributed by atoms with Crippen molar-refractivity contribution >= 4 is 45.5 Å². The van der Waals surface area contributed by atoms with E-state index in [0.29, 0.717) is 34.1 Å². The van der Waals surface area contributed by atoms with Crippen molar-refractivity contribution < 1.29 is 0 Å². The second kappa shape index (κ2) is 22.8. The van der Waals surface area contributed by atoms with Crippen LogP contribution in [0.25, 0.3) is 44.5 Å². The molecule has 0 saturated carbocycles. The molecule has 0 aliphatic heterocycles. The summed E-state index contributed by atoms with van der Waals surface area (Å²) in [5.41, 5.74) is 72.0. The molecule has 0 aliphatic rings. The van der Waals surface area contributed by atoms with Gasteiger partial charge in [-0.15, -0.1) is 0 Å². The Morgan fingerprint density at radius 2 is 0.463 bits per heavy atom. The summed E-state index contributed by atoms with van der Waals surface area (Å²) in [5.74, 6) is 0. The van der Waals surface area contributed by atoms with Gasteiger partial charge in [-0.25, -0.2) is 0 Å². The molecule has 0 unspecified atom stereocenters. The van der Waals surface area contributed by atoms with Crippen LogP contribution in [0.2, 0.25) is 0 Å². The van der Waals surface area contributed by atoms with E-state index in [2.05, 4.69) is 146 Å². The maximum atomic E-state index is 6.93. The zero-order valence-corrected chi connectivity index (χ0v) is 45.3. The monoisotopic (exact) mass is 1060 g/mol. The topological polar surface area (TPSA) is 208 Å². The second-order valence-electron chi connectivity index (χ2n) is 20.6. The quantitative estimate of drug-likeness (QED) is 0.0435. The highest BCUT2D eigenvalue weighted by molar-refractivity contribution is 5.88. The Kier molecular flexibility index (Phi) is 14.7. The van der Waals surface area contributed by atoms with Gasteiger partial charge in [0.2, 0.25) is 0 Å². The van der Waals surface area contributed by atoms with E-state index in [-0.39, 0.29) is 0 Å². The second-order valence-corrected chi connectivity index (χ2v) is 20.6. The molecule has 12 aromatic rings. The van der Waals surface area contributed by atoms with Crippen molar-refractivity contribution in [1.82, 2.24) is 0 Å². The van der Waals surface area contributed by atoms with E-state index in [1.54, 1.807) is 0 Å². The summed E-state index contributed by atoms with van der Waals surface area (Å²) < 4.78 is 0. The fourth-order valence-electron chi connectivity index (χ4n) is 11.7. The van der Waals surface area contributed by atoms with E-state index >= 15 is 0 Å². The number of benzene rings is 12. The van der Waals surface area contributed by atoms with Crippen molar-refractivity contribution in [1.29, 1.82) is 0 Å². The minimum Gasteiger partial charge on any atom is -0.399 e. The SMILES string of the molecule is Nc1ccc(-c2ccc(N)c(C(c3ccccc3)(c3ccccc3)c3cc(-c4ccc(N)cc4)ccc3N)c2)cc1.Nc1ccccc1-c1cc(C(c2ccccc2)(c2ccccc2)c2ccc(N)c(-c3ccccc3N)c2)ccc1N. The van der Waals surface area contributed by atoms with Gasteiger partial charge in [0.25, 0.3) is 0 Å². The van der Waals surface area contributed by atoms with Gasteiger partial charge in [0.15, 0.2) is 0 Å². The van der Waals surface area contributed by atoms with Crippen molar-refractivity contribution in [2.24, 2.45) is 0 Å². The highest BCUT2D eigenvalue weighted by Crippen LogP contribution is 2.52. The third kappa shape index (κ3) is 9.97. The highest BCUT2D eigenvalue weighted by atomic mass is 14.6. The highest BCUT2D eigenvalue weighted by Gasteiger charge is 2.42. The number of hydrogen-bond acceptors (Lipinski definition) is 8. The molecule has 12 rings (SSSR count). The number of nitrogen functional groups attached to an aromatic ring is 8. The van der Waals surface area contributed by atoms with Gasteiger partial charge in [0, 0.05) is 67.8 Å². The molecule has 0 atom stereocenters. The molecule has 0 saturated heterocycles. The largest absolute Gasteiger partial charge is 0.399 e. The molecule has 8 heteroatoms. The smallest absolute Gasteiger partial charge is 0.0741 e. The molecule has 82 heavy (non-hydrogen) atoms. The summed E-state index contributed by atoms with van der Waals surface area (Å²) in [6.45, 7) is 0. The molecule has 400 valence electrons. The first-order valence-corrected chi connectivity index (χ1v) is 27.2. The lowest BCUT2D eigenvalue weighted by Gasteiger charge is -2.39. The Hall–Kier alpha value is -11.0. The number of anilines is 8. The molecule has 0 aromatic heterocycles. The zero-order valence-electron chi connectivity index (χ0n) is 45.3. The van der Waals surface area contributed by atoms with Crippen molar-refractivity contribution in [3.63, 3.8) is 0 Å². The standard InChI is InChI=1S/2C37H32N4/c38-33-17-9-7-15-29(33)31-23-27(19-21-35(31)40)37(25-11-3-1-4-12-25,26-13-5-2-6-14-26)28-20-22-36(41)32(24-28)30-16-8-10-18-34(30)39;38-31-17-11-25(12-18-31)27-15-21-35(40)33(23-27)37(29-7-3-1-4-8-29,30-9-5-2-6-10-30)34-24-28(16-22-36(34)41)26-13-19-32(39)20-14-26/h2*1-24H,38-41H2. The fourth-order valence-corrected chi connectivity index (χ4v) is 11.7. The van der Waals surface area contributed by atoms with Gasteiger partial charge in [-0.2, -0.15) is 0 Å². The summed E-state index contributed by atoms with van der Waals surface area (Å²) in [6.07, 6.45) is 0. The first kappa shape index (κ1) is 53.1. The molecule has 0 aliphatic carbocycles. The van der Waals surface area contributed by atoms with E-state index < -0.39 is 10.8 Å². The van der Waals surface area contributed by atoms with Gasteiger partial charge in [0.05, 0.1) is 10.8 Å². The number of hydrogen-bond donors (Lipinski definition) is 8. The molecular formula is C74H64N8. The molecule has 8 nitrogen and oxygen atoms in total. The van der Waals surface area contributed by atoms with Crippen LogP contribution in [0.3, 0.4) is 0 Å². The Morgan fingerprint density at radius 1 is 0.183 bits per heavy atom. The van der Waals surface area contributed by atoms with Crippen LogP contribution in [0.4, 0.5) is 45.5 Å². The van der Waals surface area contributed by atoms with Gasteiger partial charge in [-0.3, -0.25) is 0 Å². The van der Waals surface area contributed by atoms with Crippen LogP contribution in [0, 0.1) is 0 Å². The van der Waals surface area contributed by atoms with Crippen LogP contribution in [0.15, 0.2) is 291 Å². The molecular weight excluding hydrogens is 1000 g/mol. The molecule has 0 heterocycles. The molecule has 16 N–H and O–H groups in total. The van der Waals surface area contributed by atoms with Crippen molar-refractivity contribution in [3.05, 3.63) is 336 Å². The Bertz CT molecular complexity index is 3890. The molecule has 12 aromatic carbocycles. The van der Waals surface area contributed by atoms with Crippen molar-refractivity contribution in [2.45, 2.75) is 10.8 Å². The third-order valence-corrected chi connectivity index (χ3v) is 15.7. The summed E-state index contributed by atoms with van der Waals surface area (Å²) in [4.78, 5) is 0. The predicted molar refractivity (Wildman–Crippen MR) is 347 cm³/mol. The van der Waals surface area contributed by atoms with Gasteiger partial charge in [-0.1, -0.05) is 206 Å². The van der Waals surface area contributed by atoms with Gasteiger partial charge in [0.1, 0.15) is 0 Å². The van der Waals surface area contributed by atoms with Crippen LogP contribution in [0.5, 0.6) is 0 Å². The first-order valence-electron chi connectivity index (χ1n) is 27.2. The molecule has 0 amide bonds. The first-order chi connectivity index (χ1) is 40.0. The van der Waals surface area contributed by atoms with Crippen molar-refractivity contribution in [2.75, 3.05) is 45.9 Å². The maximum Gasteiger partial charge on any atom is 0.0741 e. The van der Waals surface area contributed by atoms with Gasteiger partial charge in [-0.05, 0) is 152 Å². The van der Waals surface area contributed by atoms with Gasteiger partial charge >= 0.3 is 0 Å². The summed E-state index contributed by atoms with van der Waals surface area (Å²) >= 11 is 0. The minimum atomic E-state index is -0.815. The predicted octanol–water partition coefficient (Wildman–Crippen LogP) is 15.5. The van der Waals surface area contributed by atoms with E-state index in [1.807, 2.05) is 146 Å². The Labute approximate surface area is 480 Å². The molecule has 0 spiro atoms. The van der Waals surface area contributed by atoms with E-state index in [1.165, 1.54) is 0 Å². The average Bonchev–Trinajstić information content (AvgIpc) is 2.07. The normalized spacial score (nSPS) is 11.3. The summed E-state index contributed by atoms with van der Waals surface area (Å²) in [7, 11) is 0. The molecule has 0 radical (unpaired) electrons. The maximum absolute atomic E-state index is 6.93. The fraction of sp³-hybridized carbons (Fsp3) is 0.0270. The lowest BCUT2D eigenvalue weighted by molar-refractivity contribution is 0.746. The zero-order chi connectivity index (χ0) is 56.8. The molecule has 0 bridgehead atoms. The van der Waals surface area contributed by atoms with E-state index in [9.17, 15) is 0 Å².